The topological polar surface area (TPSA) is 89.2 Å². The number of carbonyl (C=O) groups is 2. The van der Waals surface area contributed by atoms with E-state index in [1.54, 1.807) is 10.7 Å². The molecule has 0 saturated carbocycles. The van der Waals surface area contributed by atoms with Crippen LogP contribution in [-0.4, -0.2) is 28.1 Å². The zero-order valence-corrected chi connectivity index (χ0v) is 12.4. The summed E-state index contributed by atoms with van der Waals surface area (Å²) in [6.07, 6.45) is 3.81. The number of aryl methyl sites for hydroxylation is 1. The molecule has 4 rings (SSSR count). The average Bonchev–Trinajstić information content (AvgIpc) is 3.10. The van der Waals surface area contributed by atoms with E-state index in [0.717, 1.165) is 10.9 Å². The van der Waals surface area contributed by atoms with Gasteiger partial charge in [0.2, 0.25) is 0 Å². The number of benzene rings is 1. The van der Waals surface area contributed by atoms with Crippen molar-refractivity contribution in [2.75, 3.05) is 11.9 Å². The Morgan fingerprint density at radius 3 is 3.17 bits per heavy atom. The Morgan fingerprint density at radius 1 is 1.43 bits per heavy atom. The fraction of sp³-hybridized carbons (Fsp3) is 0.188. The average molecular weight is 310 g/mol. The Bertz CT molecular complexity index is 938. The van der Waals surface area contributed by atoms with Crippen molar-refractivity contribution >= 4 is 28.4 Å². The van der Waals surface area contributed by atoms with Crippen LogP contribution < -0.4 is 10.6 Å². The monoisotopic (exact) mass is 310 g/mol. The van der Waals surface area contributed by atoms with E-state index in [0.29, 0.717) is 30.0 Å². The molecule has 0 saturated heterocycles. The van der Waals surface area contributed by atoms with Crippen LogP contribution in [0.2, 0.25) is 0 Å². The molecule has 0 radical (unpaired) electrons. The highest BCUT2D eigenvalue weighted by molar-refractivity contribution is 6.13. The molecule has 3 aromatic rings. The van der Waals surface area contributed by atoms with Crippen molar-refractivity contribution in [2.24, 2.45) is 7.05 Å². The van der Waals surface area contributed by atoms with E-state index < -0.39 is 0 Å². The molecule has 7 nitrogen and oxygen atoms in total. The molecular formula is C16H14N4O3. The molecule has 0 aliphatic carbocycles. The largest absolute Gasteiger partial charge is 0.468 e. The van der Waals surface area contributed by atoms with Gasteiger partial charge in [0.25, 0.3) is 11.8 Å². The Morgan fingerprint density at radius 2 is 2.30 bits per heavy atom. The third-order valence-electron chi connectivity index (χ3n) is 3.85. The minimum Gasteiger partial charge on any atom is -0.468 e. The molecule has 23 heavy (non-hydrogen) atoms. The number of amides is 2. The summed E-state index contributed by atoms with van der Waals surface area (Å²) < 4.78 is 7.07. The number of aromatic nitrogens is 2. The number of furan rings is 1. The predicted octanol–water partition coefficient (Wildman–Crippen LogP) is 1.70. The summed E-state index contributed by atoms with van der Waals surface area (Å²) in [5, 5.41) is 10.7. The van der Waals surface area contributed by atoms with E-state index in [1.807, 2.05) is 25.4 Å². The van der Waals surface area contributed by atoms with Crippen LogP contribution in [0.15, 0.2) is 35.1 Å². The van der Waals surface area contributed by atoms with Gasteiger partial charge in [-0.2, -0.15) is 5.10 Å². The summed E-state index contributed by atoms with van der Waals surface area (Å²) in [5.74, 6) is -0.0789. The van der Waals surface area contributed by atoms with Gasteiger partial charge >= 0.3 is 0 Å². The number of rotatable bonds is 2. The van der Waals surface area contributed by atoms with Crippen molar-refractivity contribution in [3.8, 4) is 0 Å². The van der Waals surface area contributed by atoms with Crippen LogP contribution in [0.4, 0.5) is 5.69 Å². The summed E-state index contributed by atoms with van der Waals surface area (Å²) >= 11 is 0. The SMILES string of the molecule is Cn1cc2cc(NC(=O)c3coc4c3C(=O)NCC4)ccc2n1. The second-order valence-electron chi connectivity index (χ2n) is 5.48. The van der Waals surface area contributed by atoms with Crippen LogP contribution in [-0.2, 0) is 13.5 Å². The highest BCUT2D eigenvalue weighted by atomic mass is 16.3. The van der Waals surface area contributed by atoms with Gasteiger partial charge in [0.05, 0.1) is 16.6 Å². The minimum absolute atomic E-state index is 0.253. The first-order chi connectivity index (χ1) is 11.1. The summed E-state index contributed by atoms with van der Waals surface area (Å²) in [7, 11) is 1.84. The molecule has 1 aliphatic rings. The fourth-order valence-corrected chi connectivity index (χ4v) is 2.80. The van der Waals surface area contributed by atoms with Crippen LogP contribution in [0.25, 0.3) is 10.9 Å². The van der Waals surface area contributed by atoms with Crippen LogP contribution in [0, 0.1) is 0 Å². The lowest BCUT2D eigenvalue weighted by Crippen LogP contribution is -2.32. The summed E-state index contributed by atoms with van der Waals surface area (Å²) in [6, 6.07) is 5.45. The minimum atomic E-state index is -0.365. The smallest absolute Gasteiger partial charge is 0.259 e. The van der Waals surface area contributed by atoms with Gasteiger partial charge in [-0.15, -0.1) is 0 Å². The quantitative estimate of drug-likeness (QED) is 0.754. The van der Waals surface area contributed by atoms with E-state index >= 15 is 0 Å². The van der Waals surface area contributed by atoms with Gasteiger partial charge in [0, 0.05) is 37.3 Å². The maximum Gasteiger partial charge on any atom is 0.259 e. The van der Waals surface area contributed by atoms with E-state index in [4.69, 9.17) is 4.42 Å². The van der Waals surface area contributed by atoms with E-state index in [-0.39, 0.29) is 17.4 Å². The van der Waals surface area contributed by atoms with Crippen LogP contribution in [0.5, 0.6) is 0 Å². The zero-order chi connectivity index (χ0) is 16.0. The first-order valence-electron chi connectivity index (χ1n) is 7.25. The zero-order valence-electron chi connectivity index (χ0n) is 12.4. The first-order valence-corrected chi connectivity index (χ1v) is 7.25. The highest BCUT2D eigenvalue weighted by Gasteiger charge is 2.27. The van der Waals surface area contributed by atoms with E-state index in [1.165, 1.54) is 6.26 Å². The number of hydrogen-bond donors (Lipinski definition) is 2. The van der Waals surface area contributed by atoms with Crippen molar-refractivity contribution in [2.45, 2.75) is 6.42 Å². The van der Waals surface area contributed by atoms with Crippen LogP contribution in [0.1, 0.15) is 26.5 Å². The second-order valence-corrected chi connectivity index (χ2v) is 5.48. The molecule has 2 aromatic heterocycles. The molecule has 1 aliphatic heterocycles. The van der Waals surface area contributed by atoms with Crippen LogP contribution in [0.3, 0.4) is 0 Å². The van der Waals surface area contributed by atoms with Crippen LogP contribution >= 0.6 is 0 Å². The number of fused-ring (bicyclic) bond motifs is 2. The molecule has 116 valence electrons. The lowest BCUT2D eigenvalue weighted by Gasteiger charge is -2.12. The molecule has 0 spiro atoms. The molecule has 0 unspecified atom stereocenters. The molecule has 2 N–H and O–H groups in total. The number of nitrogens with zero attached hydrogens (tertiary/aromatic N) is 2. The lowest BCUT2D eigenvalue weighted by atomic mass is 10.0. The number of hydrogen-bond acceptors (Lipinski definition) is 4. The molecule has 1 aromatic carbocycles. The Labute approximate surface area is 131 Å². The summed E-state index contributed by atoms with van der Waals surface area (Å²) in [6.45, 7) is 0.526. The molecule has 0 fully saturated rings. The third kappa shape index (κ3) is 2.26. The number of anilines is 1. The molecule has 0 atom stereocenters. The van der Waals surface area contributed by atoms with Gasteiger partial charge in [-0.25, -0.2) is 0 Å². The van der Waals surface area contributed by atoms with Gasteiger partial charge in [-0.05, 0) is 18.2 Å². The van der Waals surface area contributed by atoms with Crippen molar-refractivity contribution in [3.05, 3.63) is 47.5 Å². The van der Waals surface area contributed by atoms with Gasteiger partial charge in [0.1, 0.15) is 12.0 Å². The molecule has 3 heterocycles. The molecule has 0 bridgehead atoms. The summed E-state index contributed by atoms with van der Waals surface area (Å²) in [5.41, 5.74) is 2.08. The van der Waals surface area contributed by atoms with Crippen molar-refractivity contribution in [1.29, 1.82) is 0 Å². The van der Waals surface area contributed by atoms with Gasteiger partial charge < -0.3 is 15.1 Å². The summed E-state index contributed by atoms with van der Waals surface area (Å²) in [4.78, 5) is 24.4. The second kappa shape index (κ2) is 4.98. The van der Waals surface area contributed by atoms with Crippen molar-refractivity contribution < 1.29 is 14.0 Å². The normalized spacial score (nSPS) is 13.7. The molecule has 2 amide bonds. The van der Waals surface area contributed by atoms with Gasteiger partial charge in [0.15, 0.2) is 0 Å². The standard InChI is InChI=1S/C16H14N4O3/c1-20-7-9-6-10(2-3-12(9)19-20)18-15(21)11-8-23-13-4-5-17-16(22)14(11)13/h2-3,6-8H,4-5H2,1H3,(H,17,22)(H,18,21). The fourth-order valence-electron chi connectivity index (χ4n) is 2.80. The first kappa shape index (κ1) is 13.6. The van der Waals surface area contributed by atoms with Crippen molar-refractivity contribution in [3.63, 3.8) is 0 Å². The Balaban J connectivity index is 1.64. The predicted molar refractivity (Wildman–Crippen MR) is 83.4 cm³/mol. The van der Waals surface area contributed by atoms with E-state index in [9.17, 15) is 9.59 Å². The Hall–Kier alpha value is -3.09. The third-order valence-corrected chi connectivity index (χ3v) is 3.85. The lowest BCUT2D eigenvalue weighted by molar-refractivity contribution is 0.0932. The highest BCUT2D eigenvalue weighted by Crippen LogP contribution is 2.23. The number of carbonyl (C=O) groups excluding carboxylic acids is 2. The molecular weight excluding hydrogens is 296 g/mol. The van der Waals surface area contributed by atoms with Gasteiger partial charge in [-0.1, -0.05) is 0 Å². The maximum atomic E-state index is 12.5. The Kier molecular flexibility index (Phi) is 2.94. The van der Waals surface area contributed by atoms with Crippen molar-refractivity contribution in [1.82, 2.24) is 15.1 Å². The van der Waals surface area contributed by atoms with E-state index in [2.05, 4.69) is 15.7 Å². The number of nitrogens with one attached hydrogen (secondary N) is 2. The van der Waals surface area contributed by atoms with Gasteiger partial charge in [-0.3, -0.25) is 14.3 Å². The maximum absolute atomic E-state index is 12.5. The molecule has 7 heteroatoms.